The van der Waals surface area contributed by atoms with Gasteiger partial charge in [0, 0.05) is 20.1 Å². The van der Waals surface area contributed by atoms with E-state index in [1.807, 2.05) is 24.3 Å². The van der Waals surface area contributed by atoms with Crippen molar-refractivity contribution in [3.05, 3.63) is 70.5 Å². The normalized spacial score (nSPS) is 10.5. The Kier molecular flexibility index (Phi) is 4.70. The van der Waals surface area contributed by atoms with Crippen molar-refractivity contribution in [2.24, 2.45) is 5.73 Å². The minimum Gasteiger partial charge on any atom is -0.337 e. The topological polar surface area (TPSA) is 46.3 Å². The van der Waals surface area contributed by atoms with Gasteiger partial charge in [-0.15, -0.1) is 0 Å². The lowest BCUT2D eigenvalue weighted by molar-refractivity contribution is 0.0780. The molecule has 0 unspecified atom stereocenters. The first-order valence-electron chi connectivity index (χ1n) is 6.81. The van der Waals surface area contributed by atoms with Crippen molar-refractivity contribution in [3.63, 3.8) is 0 Å². The second kappa shape index (κ2) is 6.50. The number of carbonyl (C=O) groups excluding carboxylic acids is 1. The van der Waals surface area contributed by atoms with E-state index in [0.717, 1.165) is 11.1 Å². The number of nitrogens with two attached hydrogens (primary N) is 1. The Morgan fingerprint density at radius 3 is 2.57 bits per heavy atom. The molecule has 2 N–H and O–H groups in total. The van der Waals surface area contributed by atoms with Crippen LogP contribution in [-0.2, 0) is 13.1 Å². The van der Waals surface area contributed by atoms with Crippen LogP contribution in [0.25, 0.3) is 0 Å². The third kappa shape index (κ3) is 3.47. The zero-order chi connectivity index (χ0) is 15.4. The number of carbonyl (C=O) groups is 1. The van der Waals surface area contributed by atoms with Crippen LogP contribution >= 0.6 is 0 Å². The number of aryl methyl sites for hydroxylation is 1. The van der Waals surface area contributed by atoms with E-state index in [-0.39, 0.29) is 11.5 Å². The van der Waals surface area contributed by atoms with Gasteiger partial charge in [-0.25, -0.2) is 4.39 Å². The van der Waals surface area contributed by atoms with E-state index in [0.29, 0.717) is 18.7 Å². The van der Waals surface area contributed by atoms with E-state index >= 15 is 0 Å². The van der Waals surface area contributed by atoms with Crippen LogP contribution in [0.1, 0.15) is 27.0 Å². The quantitative estimate of drug-likeness (QED) is 0.939. The molecule has 0 saturated carbocycles. The standard InChI is InChI=1S/C17H19FN2O/c1-12-5-3-8-15(16(12)18)17(21)20(2)11-14-7-4-6-13(9-14)10-19/h3-9H,10-11,19H2,1-2H3. The monoisotopic (exact) mass is 286 g/mol. The van der Waals surface area contributed by atoms with Crippen LogP contribution in [0.15, 0.2) is 42.5 Å². The van der Waals surface area contributed by atoms with Gasteiger partial charge in [0.1, 0.15) is 5.82 Å². The number of benzene rings is 2. The molecule has 0 aromatic heterocycles. The fraction of sp³-hybridized carbons (Fsp3) is 0.235. The van der Waals surface area contributed by atoms with Crippen LogP contribution in [0.5, 0.6) is 0 Å². The highest BCUT2D eigenvalue weighted by Gasteiger charge is 2.17. The van der Waals surface area contributed by atoms with E-state index in [2.05, 4.69) is 0 Å². The van der Waals surface area contributed by atoms with E-state index in [4.69, 9.17) is 5.73 Å². The number of amides is 1. The Morgan fingerprint density at radius 2 is 1.86 bits per heavy atom. The van der Waals surface area contributed by atoms with Crippen LogP contribution < -0.4 is 5.73 Å². The second-order valence-corrected chi connectivity index (χ2v) is 5.12. The fourth-order valence-electron chi connectivity index (χ4n) is 2.22. The van der Waals surface area contributed by atoms with Crippen LogP contribution in [0.2, 0.25) is 0 Å². The van der Waals surface area contributed by atoms with Crippen molar-refractivity contribution < 1.29 is 9.18 Å². The third-order valence-electron chi connectivity index (χ3n) is 3.42. The van der Waals surface area contributed by atoms with Gasteiger partial charge in [-0.3, -0.25) is 4.79 Å². The number of hydrogen-bond donors (Lipinski definition) is 1. The number of hydrogen-bond acceptors (Lipinski definition) is 2. The van der Waals surface area contributed by atoms with Crippen LogP contribution in [0.3, 0.4) is 0 Å². The van der Waals surface area contributed by atoms with E-state index < -0.39 is 5.82 Å². The summed E-state index contributed by atoms with van der Waals surface area (Å²) in [5.74, 6) is -0.778. The summed E-state index contributed by atoms with van der Waals surface area (Å²) in [5, 5.41) is 0. The van der Waals surface area contributed by atoms with Gasteiger partial charge in [-0.05, 0) is 29.7 Å². The number of rotatable bonds is 4. The van der Waals surface area contributed by atoms with Crippen molar-refractivity contribution in [3.8, 4) is 0 Å². The third-order valence-corrected chi connectivity index (χ3v) is 3.42. The highest BCUT2D eigenvalue weighted by atomic mass is 19.1. The lowest BCUT2D eigenvalue weighted by atomic mass is 10.1. The lowest BCUT2D eigenvalue weighted by Gasteiger charge is -2.18. The fourth-order valence-corrected chi connectivity index (χ4v) is 2.22. The molecule has 0 fully saturated rings. The minimum absolute atomic E-state index is 0.104. The summed E-state index contributed by atoms with van der Waals surface area (Å²) in [6.07, 6.45) is 0. The molecule has 0 atom stereocenters. The molecule has 0 aliphatic rings. The molecule has 2 aromatic carbocycles. The first-order valence-corrected chi connectivity index (χ1v) is 6.81. The maximum Gasteiger partial charge on any atom is 0.256 e. The van der Waals surface area contributed by atoms with Gasteiger partial charge in [0.05, 0.1) is 5.56 Å². The van der Waals surface area contributed by atoms with Gasteiger partial charge >= 0.3 is 0 Å². The summed E-state index contributed by atoms with van der Waals surface area (Å²) in [6.45, 7) is 2.52. The summed E-state index contributed by atoms with van der Waals surface area (Å²) in [7, 11) is 1.67. The molecular weight excluding hydrogens is 267 g/mol. The zero-order valence-corrected chi connectivity index (χ0v) is 12.3. The molecule has 3 nitrogen and oxygen atoms in total. The van der Waals surface area contributed by atoms with Gasteiger partial charge in [0.25, 0.3) is 5.91 Å². The predicted molar refractivity (Wildman–Crippen MR) is 81.3 cm³/mol. The Morgan fingerprint density at radius 1 is 1.19 bits per heavy atom. The van der Waals surface area contributed by atoms with Gasteiger partial charge in [0.2, 0.25) is 0 Å². The van der Waals surface area contributed by atoms with Crippen molar-refractivity contribution >= 4 is 5.91 Å². The largest absolute Gasteiger partial charge is 0.337 e. The highest BCUT2D eigenvalue weighted by molar-refractivity contribution is 5.94. The molecule has 0 aliphatic heterocycles. The smallest absolute Gasteiger partial charge is 0.256 e. The van der Waals surface area contributed by atoms with Crippen molar-refractivity contribution in [2.45, 2.75) is 20.0 Å². The summed E-state index contributed by atoms with van der Waals surface area (Å²) in [4.78, 5) is 13.8. The maximum atomic E-state index is 14.0. The zero-order valence-electron chi connectivity index (χ0n) is 12.3. The average molecular weight is 286 g/mol. The summed E-state index contributed by atoms with van der Waals surface area (Å²) in [6, 6.07) is 12.6. The van der Waals surface area contributed by atoms with Crippen molar-refractivity contribution in [2.75, 3.05) is 7.05 Å². The van der Waals surface area contributed by atoms with Gasteiger partial charge in [-0.1, -0.05) is 36.4 Å². The molecule has 0 radical (unpaired) electrons. The molecule has 21 heavy (non-hydrogen) atoms. The average Bonchev–Trinajstić information content (AvgIpc) is 2.49. The molecule has 0 aliphatic carbocycles. The van der Waals surface area contributed by atoms with Crippen molar-refractivity contribution in [1.82, 2.24) is 4.90 Å². The second-order valence-electron chi connectivity index (χ2n) is 5.12. The molecule has 2 aromatic rings. The Balaban J connectivity index is 2.17. The van der Waals surface area contributed by atoms with E-state index in [9.17, 15) is 9.18 Å². The SMILES string of the molecule is Cc1cccc(C(=O)N(C)Cc2cccc(CN)c2)c1F. The molecule has 110 valence electrons. The summed E-state index contributed by atoms with van der Waals surface area (Å²) in [5.41, 5.74) is 8.17. The Labute approximate surface area is 124 Å². The molecule has 0 spiro atoms. The summed E-state index contributed by atoms with van der Waals surface area (Å²) < 4.78 is 14.0. The Hall–Kier alpha value is -2.20. The molecular formula is C17H19FN2O. The predicted octanol–water partition coefficient (Wildman–Crippen LogP) is 2.87. The highest BCUT2D eigenvalue weighted by Crippen LogP contribution is 2.15. The van der Waals surface area contributed by atoms with E-state index in [1.54, 1.807) is 26.1 Å². The molecule has 2 rings (SSSR count). The molecule has 0 bridgehead atoms. The first-order chi connectivity index (χ1) is 10.0. The van der Waals surface area contributed by atoms with Crippen molar-refractivity contribution in [1.29, 1.82) is 0 Å². The summed E-state index contributed by atoms with van der Waals surface area (Å²) >= 11 is 0. The molecule has 0 saturated heterocycles. The molecule has 1 amide bonds. The lowest BCUT2D eigenvalue weighted by Crippen LogP contribution is -2.27. The number of halogens is 1. The molecule has 4 heteroatoms. The van der Waals surface area contributed by atoms with Gasteiger partial charge in [0.15, 0.2) is 0 Å². The molecule has 0 heterocycles. The van der Waals surface area contributed by atoms with Gasteiger partial charge < -0.3 is 10.6 Å². The first kappa shape index (κ1) is 15.2. The van der Waals surface area contributed by atoms with Crippen LogP contribution in [0.4, 0.5) is 4.39 Å². The van der Waals surface area contributed by atoms with Gasteiger partial charge in [-0.2, -0.15) is 0 Å². The number of nitrogens with zero attached hydrogens (tertiary/aromatic N) is 1. The van der Waals surface area contributed by atoms with E-state index in [1.165, 1.54) is 11.0 Å². The Bertz CT molecular complexity index is 655. The van der Waals surface area contributed by atoms with Crippen LogP contribution in [0, 0.1) is 12.7 Å². The maximum absolute atomic E-state index is 14.0. The van der Waals surface area contributed by atoms with Crippen LogP contribution in [-0.4, -0.2) is 17.9 Å². The minimum atomic E-state index is -0.454.